The smallest absolute Gasteiger partial charge is 0.410 e. The summed E-state index contributed by atoms with van der Waals surface area (Å²) in [5, 5.41) is 13.5. The van der Waals surface area contributed by atoms with E-state index >= 15 is 0 Å². The van der Waals surface area contributed by atoms with Gasteiger partial charge in [-0.25, -0.2) is 9.78 Å². The van der Waals surface area contributed by atoms with E-state index in [2.05, 4.69) is 30.8 Å². The van der Waals surface area contributed by atoms with Crippen LogP contribution in [0.4, 0.5) is 22.4 Å². The molecular weight excluding hydrogens is 346 g/mol. The van der Waals surface area contributed by atoms with Crippen molar-refractivity contribution in [3.63, 3.8) is 0 Å². The molecule has 0 spiro atoms. The van der Waals surface area contributed by atoms with E-state index in [1.807, 2.05) is 33.8 Å². The number of likely N-dealkylation sites (tertiary alicyclic amines) is 1. The second-order valence-electron chi connectivity index (χ2n) is 7.71. The molecule has 1 fully saturated rings. The van der Waals surface area contributed by atoms with Gasteiger partial charge in [0.25, 0.3) is 0 Å². The van der Waals surface area contributed by atoms with E-state index in [0.717, 1.165) is 18.5 Å². The SMILES string of the molecule is Cc1cc(Nc2ccnc(NC3CCN(C(=O)OC(C)(C)C)CC3)n2)n[nH]1. The highest BCUT2D eigenvalue weighted by atomic mass is 16.6. The molecule has 2 aromatic heterocycles. The number of hydrogen-bond acceptors (Lipinski definition) is 7. The molecule has 3 heterocycles. The van der Waals surface area contributed by atoms with Crippen molar-refractivity contribution in [1.82, 2.24) is 25.1 Å². The highest BCUT2D eigenvalue weighted by Crippen LogP contribution is 2.19. The van der Waals surface area contributed by atoms with Crippen LogP contribution in [0.25, 0.3) is 0 Å². The molecule has 1 aliphatic heterocycles. The third-order valence-corrected chi connectivity index (χ3v) is 4.10. The van der Waals surface area contributed by atoms with Crippen molar-refractivity contribution in [2.24, 2.45) is 0 Å². The molecule has 0 unspecified atom stereocenters. The van der Waals surface area contributed by atoms with Crippen LogP contribution >= 0.6 is 0 Å². The number of rotatable bonds is 4. The minimum Gasteiger partial charge on any atom is -0.444 e. The van der Waals surface area contributed by atoms with E-state index in [9.17, 15) is 4.79 Å². The fourth-order valence-electron chi connectivity index (χ4n) is 2.83. The Hall–Kier alpha value is -2.84. The lowest BCUT2D eigenvalue weighted by Gasteiger charge is -2.33. The van der Waals surface area contributed by atoms with Crippen molar-refractivity contribution in [3.8, 4) is 0 Å². The molecule has 146 valence electrons. The first-order chi connectivity index (χ1) is 12.8. The van der Waals surface area contributed by atoms with E-state index < -0.39 is 5.60 Å². The molecule has 0 radical (unpaired) electrons. The van der Waals surface area contributed by atoms with Crippen molar-refractivity contribution in [2.75, 3.05) is 23.7 Å². The first kappa shape index (κ1) is 18.9. The van der Waals surface area contributed by atoms with E-state index in [-0.39, 0.29) is 12.1 Å². The number of anilines is 3. The monoisotopic (exact) mass is 373 g/mol. The standard InChI is InChI=1S/C18H27N7O2/c1-12-11-15(24-23-12)21-14-5-8-19-16(22-14)20-13-6-9-25(10-7-13)17(26)27-18(2,3)4/h5,8,11,13H,6-7,9-10H2,1-4H3,(H3,19,20,21,22,23,24). The predicted molar refractivity (Wildman–Crippen MR) is 103 cm³/mol. The topological polar surface area (TPSA) is 108 Å². The Morgan fingerprint density at radius 2 is 2.04 bits per heavy atom. The zero-order chi connectivity index (χ0) is 19.4. The van der Waals surface area contributed by atoms with E-state index in [0.29, 0.717) is 30.7 Å². The van der Waals surface area contributed by atoms with Crippen LogP contribution in [-0.2, 0) is 4.74 Å². The molecule has 27 heavy (non-hydrogen) atoms. The number of aromatic nitrogens is 4. The summed E-state index contributed by atoms with van der Waals surface area (Å²) in [7, 11) is 0. The molecule has 0 atom stereocenters. The normalized spacial score (nSPS) is 15.5. The maximum absolute atomic E-state index is 12.1. The Morgan fingerprint density at radius 1 is 1.30 bits per heavy atom. The molecule has 0 aliphatic carbocycles. The van der Waals surface area contributed by atoms with Gasteiger partial charge in [-0.05, 0) is 46.6 Å². The van der Waals surface area contributed by atoms with Gasteiger partial charge in [0.05, 0.1) is 0 Å². The number of aromatic amines is 1. The number of carbonyl (C=O) groups is 1. The van der Waals surface area contributed by atoms with Gasteiger partial charge in [-0.1, -0.05) is 0 Å². The first-order valence-corrected chi connectivity index (χ1v) is 9.15. The molecule has 0 bridgehead atoms. The van der Waals surface area contributed by atoms with Gasteiger partial charge < -0.3 is 20.3 Å². The molecule has 1 aliphatic rings. The molecule has 9 heteroatoms. The lowest BCUT2D eigenvalue weighted by molar-refractivity contribution is 0.0210. The number of hydrogen-bond donors (Lipinski definition) is 3. The van der Waals surface area contributed by atoms with Crippen LogP contribution < -0.4 is 10.6 Å². The van der Waals surface area contributed by atoms with Gasteiger partial charge >= 0.3 is 6.09 Å². The molecule has 9 nitrogen and oxygen atoms in total. The van der Waals surface area contributed by atoms with Gasteiger partial charge in [0.15, 0.2) is 5.82 Å². The fourth-order valence-corrected chi connectivity index (χ4v) is 2.83. The Labute approximate surface area is 158 Å². The average Bonchev–Trinajstić information content (AvgIpc) is 2.99. The van der Waals surface area contributed by atoms with E-state index in [1.54, 1.807) is 17.2 Å². The zero-order valence-corrected chi connectivity index (χ0v) is 16.2. The van der Waals surface area contributed by atoms with Crippen molar-refractivity contribution in [1.29, 1.82) is 0 Å². The van der Waals surface area contributed by atoms with Crippen molar-refractivity contribution in [2.45, 2.75) is 52.2 Å². The average molecular weight is 373 g/mol. The number of H-pyrrole nitrogens is 1. The van der Waals surface area contributed by atoms with E-state index in [1.165, 1.54) is 0 Å². The summed E-state index contributed by atoms with van der Waals surface area (Å²) in [6, 6.07) is 3.91. The third kappa shape index (κ3) is 5.57. The summed E-state index contributed by atoms with van der Waals surface area (Å²) < 4.78 is 5.43. The van der Waals surface area contributed by atoms with Gasteiger partial charge in [-0.2, -0.15) is 10.1 Å². The van der Waals surface area contributed by atoms with Crippen LogP contribution in [0.15, 0.2) is 18.3 Å². The van der Waals surface area contributed by atoms with Gasteiger partial charge in [0, 0.05) is 37.1 Å². The molecular formula is C18H27N7O2. The van der Waals surface area contributed by atoms with Crippen LogP contribution in [0.5, 0.6) is 0 Å². The molecule has 3 rings (SSSR count). The number of nitrogens with zero attached hydrogens (tertiary/aromatic N) is 4. The Balaban J connectivity index is 1.52. The maximum atomic E-state index is 12.1. The minimum absolute atomic E-state index is 0.214. The number of aryl methyl sites for hydroxylation is 1. The zero-order valence-electron chi connectivity index (χ0n) is 16.2. The second-order valence-corrected chi connectivity index (χ2v) is 7.71. The number of nitrogens with one attached hydrogen (secondary N) is 3. The molecule has 0 aromatic carbocycles. The summed E-state index contributed by atoms with van der Waals surface area (Å²) in [6.07, 6.45) is 3.09. The minimum atomic E-state index is -0.472. The summed E-state index contributed by atoms with van der Waals surface area (Å²) in [5.74, 6) is 1.94. The van der Waals surface area contributed by atoms with Crippen LogP contribution in [0, 0.1) is 6.92 Å². The van der Waals surface area contributed by atoms with Gasteiger partial charge in [0.1, 0.15) is 11.4 Å². The number of ether oxygens (including phenoxy) is 1. The van der Waals surface area contributed by atoms with Crippen LogP contribution in [-0.4, -0.2) is 55.9 Å². The Kier molecular flexibility index (Phi) is 5.48. The molecule has 0 saturated carbocycles. The highest BCUT2D eigenvalue weighted by Gasteiger charge is 2.27. The quantitative estimate of drug-likeness (QED) is 0.756. The Morgan fingerprint density at radius 3 is 2.67 bits per heavy atom. The van der Waals surface area contributed by atoms with Crippen LogP contribution in [0.2, 0.25) is 0 Å². The predicted octanol–water partition coefficient (Wildman–Crippen LogP) is 3.06. The number of amides is 1. The van der Waals surface area contributed by atoms with Gasteiger partial charge in [-0.15, -0.1) is 0 Å². The van der Waals surface area contributed by atoms with Crippen molar-refractivity contribution >= 4 is 23.7 Å². The summed E-state index contributed by atoms with van der Waals surface area (Å²) in [5.41, 5.74) is 0.502. The summed E-state index contributed by atoms with van der Waals surface area (Å²) in [4.78, 5) is 22.7. The fraction of sp³-hybridized carbons (Fsp3) is 0.556. The molecule has 1 amide bonds. The molecule has 2 aromatic rings. The largest absolute Gasteiger partial charge is 0.444 e. The van der Waals surface area contributed by atoms with E-state index in [4.69, 9.17) is 4.74 Å². The van der Waals surface area contributed by atoms with Crippen molar-refractivity contribution in [3.05, 3.63) is 24.0 Å². The van der Waals surface area contributed by atoms with Crippen LogP contribution in [0.3, 0.4) is 0 Å². The second kappa shape index (κ2) is 7.81. The Bertz CT molecular complexity index is 776. The molecule has 1 saturated heterocycles. The summed E-state index contributed by atoms with van der Waals surface area (Å²) in [6.45, 7) is 8.87. The highest BCUT2D eigenvalue weighted by molar-refractivity contribution is 5.68. The van der Waals surface area contributed by atoms with Gasteiger partial charge in [-0.3, -0.25) is 5.10 Å². The summed E-state index contributed by atoms with van der Waals surface area (Å²) >= 11 is 0. The molecule has 3 N–H and O–H groups in total. The third-order valence-electron chi connectivity index (χ3n) is 4.10. The number of carbonyl (C=O) groups excluding carboxylic acids is 1. The first-order valence-electron chi connectivity index (χ1n) is 9.15. The van der Waals surface area contributed by atoms with Crippen LogP contribution in [0.1, 0.15) is 39.3 Å². The number of piperidine rings is 1. The maximum Gasteiger partial charge on any atom is 0.410 e. The van der Waals surface area contributed by atoms with Gasteiger partial charge in [0.2, 0.25) is 5.95 Å². The van der Waals surface area contributed by atoms with Crippen molar-refractivity contribution < 1.29 is 9.53 Å². The lowest BCUT2D eigenvalue weighted by atomic mass is 10.1. The lowest BCUT2D eigenvalue weighted by Crippen LogP contribution is -2.44.